The molecule has 0 spiro atoms. The average molecular weight is 243 g/mol. The third kappa shape index (κ3) is 1.58. The topological polar surface area (TPSA) is 69.6 Å². The van der Waals surface area contributed by atoms with Gasteiger partial charge >= 0.3 is 0 Å². The number of benzene rings is 1. The molecule has 2 N–H and O–H groups in total. The van der Waals surface area contributed by atoms with Crippen LogP contribution in [-0.4, -0.2) is 20.2 Å². The van der Waals surface area contributed by atoms with E-state index in [2.05, 4.69) is 29.4 Å². The number of aryl methyl sites for hydroxylation is 1. The van der Waals surface area contributed by atoms with E-state index in [0.717, 1.165) is 35.5 Å². The average Bonchev–Trinajstić information content (AvgIpc) is 2.78. The Bertz CT molecular complexity index is 583. The van der Waals surface area contributed by atoms with Crippen molar-refractivity contribution in [1.29, 1.82) is 0 Å². The lowest BCUT2D eigenvalue weighted by Crippen LogP contribution is -2.38. The van der Waals surface area contributed by atoms with Crippen molar-refractivity contribution in [2.24, 2.45) is 0 Å². The smallest absolute Gasteiger partial charge is 0.182 e. The van der Waals surface area contributed by atoms with E-state index in [-0.39, 0.29) is 5.54 Å². The standard InChI is InChI=1S/C13H17N5/c1-9-4-5-10(14)8-11(9)12-15-16-17-18(12)13(2)6-3-7-13/h4-5,8H,3,6-7,14H2,1-2H3. The van der Waals surface area contributed by atoms with Gasteiger partial charge in [-0.25, -0.2) is 4.68 Å². The Kier molecular flexibility index (Phi) is 2.36. The molecular formula is C13H17N5. The summed E-state index contributed by atoms with van der Waals surface area (Å²) in [6.07, 6.45) is 3.50. The summed E-state index contributed by atoms with van der Waals surface area (Å²) in [4.78, 5) is 0. The third-order valence-corrected chi connectivity index (χ3v) is 3.91. The summed E-state index contributed by atoms with van der Waals surface area (Å²) < 4.78 is 1.96. The maximum absolute atomic E-state index is 5.86. The fourth-order valence-electron chi connectivity index (χ4n) is 2.50. The number of nitrogens with zero attached hydrogens (tertiary/aromatic N) is 4. The Labute approximate surface area is 106 Å². The van der Waals surface area contributed by atoms with Crippen molar-refractivity contribution < 1.29 is 0 Å². The van der Waals surface area contributed by atoms with E-state index in [0.29, 0.717) is 0 Å². The third-order valence-electron chi connectivity index (χ3n) is 3.91. The number of hydrogen-bond donors (Lipinski definition) is 1. The summed E-state index contributed by atoms with van der Waals surface area (Å²) in [5.41, 5.74) is 8.83. The Morgan fingerprint density at radius 1 is 1.33 bits per heavy atom. The lowest BCUT2D eigenvalue weighted by Gasteiger charge is -2.38. The number of nitrogens with two attached hydrogens (primary N) is 1. The molecule has 5 heteroatoms. The molecule has 2 aromatic rings. The molecule has 0 saturated heterocycles. The van der Waals surface area contributed by atoms with Crippen molar-refractivity contribution in [2.45, 2.75) is 38.6 Å². The van der Waals surface area contributed by atoms with Crippen LogP contribution in [0.4, 0.5) is 5.69 Å². The second-order valence-corrected chi connectivity index (χ2v) is 5.34. The maximum Gasteiger partial charge on any atom is 0.182 e. The van der Waals surface area contributed by atoms with Gasteiger partial charge in [-0.3, -0.25) is 0 Å². The molecule has 1 aliphatic carbocycles. The van der Waals surface area contributed by atoms with E-state index in [9.17, 15) is 0 Å². The molecule has 3 rings (SSSR count). The van der Waals surface area contributed by atoms with Crippen LogP contribution in [0.1, 0.15) is 31.7 Å². The van der Waals surface area contributed by atoms with Crippen LogP contribution in [0, 0.1) is 6.92 Å². The molecule has 5 nitrogen and oxygen atoms in total. The van der Waals surface area contributed by atoms with Crippen LogP contribution < -0.4 is 5.73 Å². The summed E-state index contributed by atoms with van der Waals surface area (Å²) in [6.45, 7) is 4.26. The maximum atomic E-state index is 5.86. The number of rotatable bonds is 2. The molecule has 0 amide bonds. The first-order valence-electron chi connectivity index (χ1n) is 6.25. The number of anilines is 1. The molecule has 0 atom stereocenters. The van der Waals surface area contributed by atoms with Crippen molar-refractivity contribution in [3.05, 3.63) is 23.8 Å². The van der Waals surface area contributed by atoms with Gasteiger partial charge in [0.15, 0.2) is 5.82 Å². The molecule has 0 bridgehead atoms. The van der Waals surface area contributed by atoms with E-state index in [1.54, 1.807) is 0 Å². The van der Waals surface area contributed by atoms with Crippen molar-refractivity contribution in [1.82, 2.24) is 20.2 Å². The van der Waals surface area contributed by atoms with E-state index < -0.39 is 0 Å². The van der Waals surface area contributed by atoms with Gasteiger partial charge in [0.25, 0.3) is 0 Å². The Morgan fingerprint density at radius 3 is 2.78 bits per heavy atom. The van der Waals surface area contributed by atoms with Gasteiger partial charge in [0.1, 0.15) is 0 Å². The van der Waals surface area contributed by atoms with Crippen LogP contribution in [0.2, 0.25) is 0 Å². The first kappa shape index (κ1) is 11.2. The SMILES string of the molecule is Cc1ccc(N)cc1-c1nnnn1C1(C)CCC1. The van der Waals surface area contributed by atoms with Crippen molar-refractivity contribution in [3.63, 3.8) is 0 Å². The van der Waals surface area contributed by atoms with Gasteiger partial charge in [-0.1, -0.05) is 6.07 Å². The molecular weight excluding hydrogens is 226 g/mol. The van der Waals surface area contributed by atoms with E-state index in [4.69, 9.17) is 5.73 Å². The number of nitrogen functional groups attached to an aromatic ring is 1. The molecule has 1 saturated carbocycles. The second-order valence-electron chi connectivity index (χ2n) is 5.34. The molecule has 1 aromatic carbocycles. The zero-order valence-corrected chi connectivity index (χ0v) is 10.7. The Hall–Kier alpha value is -1.91. The minimum atomic E-state index is 0.0654. The summed E-state index contributed by atoms with van der Waals surface area (Å²) in [7, 11) is 0. The van der Waals surface area contributed by atoms with Gasteiger partial charge in [-0.05, 0) is 61.2 Å². The monoisotopic (exact) mass is 243 g/mol. The molecule has 18 heavy (non-hydrogen) atoms. The molecule has 0 aliphatic heterocycles. The first-order chi connectivity index (χ1) is 8.60. The minimum absolute atomic E-state index is 0.0654. The van der Waals surface area contributed by atoms with Crippen LogP contribution in [-0.2, 0) is 5.54 Å². The lowest BCUT2D eigenvalue weighted by atomic mass is 9.78. The highest BCUT2D eigenvalue weighted by atomic mass is 15.6. The highest BCUT2D eigenvalue weighted by Crippen LogP contribution is 2.40. The van der Waals surface area contributed by atoms with E-state index >= 15 is 0 Å². The zero-order chi connectivity index (χ0) is 12.8. The van der Waals surface area contributed by atoms with Crippen molar-refractivity contribution in [3.8, 4) is 11.4 Å². The van der Waals surface area contributed by atoms with Gasteiger partial charge in [0.05, 0.1) is 5.54 Å². The number of tetrazole rings is 1. The predicted molar refractivity (Wildman–Crippen MR) is 69.9 cm³/mol. The van der Waals surface area contributed by atoms with Crippen LogP contribution in [0.25, 0.3) is 11.4 Å². The van der Waals surface area contributed by atoms with E-state index in [1.807, 2.05) is 22.9 Å². The zero-order valence-electron chi connectivity index (χ0n) is 10.7. The minimum Gasteiger partial charge on any atom is -0.399 e. The molecule has 1 aliphatic rings. The highest BCUT2D eigenvalue weighted by molar-refractivity contribution is 5.65. The van der Waals surface area contributed by atoms with Gasteiger partial charge < -0.3 is 5.73 Å². The summed E-state index contributed by atoms with van der Waals surface area (Å²) >= 11 is 0. The van der Waals surface area contributed by atoms with E-state index in [1.165, 1.54) is 6.42 Å². The highest BCUT2D eigenvalue weighted by Gasteiger charge is 2.37. The largest absolute Gasteiger partial charge is 0.399 e. The van der Waals surface area contributed by atoms with Gasteiger partial charge in [-0.15, -0.1) is 5.10 Å². The molecule has 0 radical (unpaired) electrons. The molecule has 94 valence electrons. The second kappa shape index (κ2) is 3.80. The normalized spacial score (nSPS) is 17.4. The van der Waals surface area contributed by atoms with Gasteiger partial charge in [0, 0.05) is 11.3 Å². The Balaban J connectivity index is 2.12. The summed E-state index contributed by atoms with van der Waals surface area (Å²) in [6, 6.07) is 5.85. The number of aromatic nitrogens is 4. The summed E-state index contributed by atoms with van der Waals surface area (Å²) in [5.74, 6) is 0.821. The van der Waals surface area contributed by atoms with Crippen molar-refractivity contribution in [2.75, 3.05) is 5.73 Å². The molecule has 1 heterocycles. The fourth-order valence-corrected chi connectivity index (χ4v) is 2.50. The quantitative estimate of drug-likeness (QED) is 0.820. The summed E-state index contributed by atoms with van der Waals surface area (Å²) in [5, 5.41) is 12.2. The predicted octanol–water partition coefficient (Wildman–Crippen LogP) is 2.13. The van der Waals surface area contributed by atoms with Gasteiger partial charge in [0.2, 0.25) is 0 Å². The van der Waals surface area contributed by atoms with Crippen molar-refractivity contribution >= 4 is 5.69 Å². The fraction of sp³-hybridized carbons (Fsp3) is 0.462. The number of hydrogen-bond acceptors (Lipinski definition) is 4. The van der Waals surface area contributed by atoms with Crippen LogP contribution >= 0.6 is 0 Å². The lowest BCUT2D eigenvalue weighted by molar-refractivity contribution is 0.148. The molecule has 1 fully saturated rings. The van der Waals surface area contributed by atoms with Crippen LogP contribution in [0.3, 0.4) is 0 Å². The Morgan fingerprint density at radius 2 is 2.11 bits per heavy atom. The molecule has 1 aromatic heterocycles. The first-order valence-corrected chi connectivity index (χ1v) is 6.25. The van der Waals surface area contributed by atoms with Crippen LogP contribution in [0.15, 0.2) is 18.2 Å². The van der Waals surface area contributed by atoms with Crippen LogP contribution in [0.5, 0.6) is 0 Å². The molecule has 0 unspecified atom stereocenters. The van der Waals surface area contributed by atoms with Gasteiger partial charge in [-0.2, -0.15) is 0 Å².